The molecule has 0 saturated heterocycles. The highest BCUT2D eigenvalue weighted by atomic mass is 35.5. The monoisotopic (exact) mass is 595 g/mol. The van der Waals surface area contributed by atoms with Gasteiger partial charge in [0.25, 0.3) is 0 Å². The molecule has 0 aromatic heterocycles. The van der Waals surface area contributed by atoms with Gasteiger partial charge in [0.15, 0.2) is 0 Å². The van der Waals surface area contributed by atoms with E-state index in [1.165, 1.54) is 23.1 Å². The first kappa shape index (κ1) is 30.5. The van der Waals surface area contributed by atoms with E-state index in [9.17, 15) is 18.0 Å². The van der Waals surface area contributed by atoms with Gasteiger partial charge in [0.2, 0.25) is 21.8 Å². The van der Waals surface area contributed by atoms with E-state index in [-0.39, 0.29) is 40.5 Å². The van der Waals surface area contributed by atoms with Crippen LogP contribution in [0.3, 0.4) is 0 Å². The number of anilines is 1. The molecule has 0 bridgehead atoms. The molecular weight excluding hydrogens is 568 g/mol. The fraction of sp³-hybridized carbons (Fsp3) is 0.417. The number of hydrogen-bond donors (Lipinski definition) is 1. The highest BCUT2D eigenvalue weighted by Crippen LogP contribution is 2.30. The number of amides is 2. The predicted molar refractivity (Wildman–Crippen MR) is 148 cm³/mol. The molecule has 2 aromatic carbocycles. The Bertz CT molecular complexity index is 1190. The van der Waals surface area contributed by atoms with Gasteiger partial charge in [-0.2, -0.15) is 0 Å². The van der Waals surface area contributed by atoms with Crippen LogP contribution in [0.4, 0.5) is 5.69 Å². The topological polar surface area (TPSA) is 86.8 Å². The van der Waals surface area contributed by atoms with Crippen LogP contribution in [0.25, 0.3) is 0 Å². The van der Waals surface area contributed by atoms with E-state index in [0.29, 0.717) is 22.2 Å². The molecule has 0 fully saturated rings. The van der Waals surface area contributed by atoms with Gasteiger partial charge in [-0.1, -0.05) is 73.2 Å². The van der Waals surface area contributed by atoms with E-state index in [2.05, 4.69) is 5.32 Å². The maximum atomic E-state index is 13.7. The van der Waals surface area contributed by atoms with Gasteiger partial charge in [-0.15, -0.1) is 0 Å². The zero-order valence-electron chi connectivity index (χ0n) is 20.4. The smallest absolute Gasteiger partial charge is 0.244 e. The maximum Gasteiger partial charge on any atom is 0.244 e. The lowest BCUT2D eigenvalue weighted by Gasteiger charge is -2.33. The van der Waals surface area contributed by atoms with Crippen molar-refractivity contribution in [1.82, 2.24) is 10.2 Å². The molecule has 1 atom stereocenters. The van der Waals surface area contributed by atoms with Crippen LogP contribution >= 0.6 is 46.4 Å². The van der Waals surface area contributed by atoms with Crippen molar-refractivity contribution >= 4 is 73.9 Å². The number of nitrogens with one attached hydrogen (secondary N) is 1. The molecule has 0 aliphatic carbocycles. The van der Waals surface area contributed by atoms with Crippen molar-refractivity contribution in [2.45, 2.75) is 39.8 Å². The van der Waals surface area contributed by atoms with Crippen LogP contribution in [0.15, 0.2) is 36.4 Å². The fourth-order valence-corrected chi connectivity index (χ4v) is 5.10. The third kappa shape index (κ3) is 8.15. The normalized spacial score (nSPS) is 12.4. The Balaban J connectivity index is 2.50. The van der Waals surface area contributed by atoms with Crippen molar-refractivity contribution in [3.63, 3.8) is 0 Å². The highest BCUT2D eigenvalue weighted by molar-refractivity contribution is 7.92. The molecule has 7 nitrogen and oxygen atoms in total. The van der Waals surface area contributed by atoms with E-state index in [0.717, 1.165) is 10.6 Å². The first-order valence-corrected chi connectivity index (χ1v) is 14.5. The number of hydrogen-bond acceptors (Lipinski definition) is 4. The second kappa shape index (κ2) is 13.2. The van der Waals surface area contributed by atoms with Gasteiger partial charge in [-0.25, -0.2) is 8.42 Å². The van der Waals surface area contributed by atoms with Crippen LogP contribution in [-0.4, -0.2) is 50.5 Å². The Labute approximate surface area is 232 Å². The van der Waals surface area contributed by atoms with E-state index < -0.39 is 28.5 Å². The number of nitrogens with zero attached hydrogens (tertiary/aromatic N) is 2. The van der Waals surface area contributed by atoms with Gasteiger partial charge in [0.05, 0.1) is 22.0 Å². The molecule has 1 N–H and O–H groups in total. The largest absolute Gasteiger partial charge is 0.354 e. The summed E-state index contributed by atoms with van der Waals surface area (Å²) in [5, 5.41) is 3.87. The molecule has 0 spiro atoms. The zero-order valence-corrected chi connectivity index (χ0v) is 24.2. The fourth-order valence-electron chi connectivity index (χ4n) is 3.45. The lowest BCUT2D eigenvalue weighted by molar-refractivity contribution is -0.140. The number of sulfonamides is 1. The van der Waals surface area contributed by atoms with Gasteiger partial charge in [-0.3, -0.25) is 13.9 Å². The lowest BCUT2D eigenvalue weighted by Crippen LogP contribution is -2.52. The third-order valence-electron chi connectivity index (χ3n) is 5.33. The van der Waals surface area contributed by atoms with Crippen molar-refractivity contribution in [3.8, 4) is 0 Å². The minimum Gasteiger partial charge on any atom is -0.354 e. The second-order valence-electron chi connectivity index (χ2n) is 8.65. The van der Waals surface area contributed by atoms with Crippen LogP contribution in [0.1, 0.15) is 32.8 Å². The van der Waals surface area contributed by atoms with Crippen LogP contribution < -0.4 is 9.62 Å². The number of carbonyl (C=O) groups excluding carboxylic acids is 2. The molecule has 1 unspecified atom stereocenters. The molecule has 2 amide bonds. The second-order valence-corrected chi connectivity index (χ2v) is 12.2. The highest BCUT2D eigenvalue weighted by Gasteiger charge is 2.32. The quantitative estimate of drug-likeness (QED) is 0.363. The van der Waals surface area contributed by atoms with E-state index >= 15 is 0 Å². The van der Waals surface area contributed by atoms with Crippen molar-refractivity contribution in [2.75, 3.05) is 23.7 Å². The van der Waals surface area contributed by atoms with Crippen LogP contribution in [-0.2, 0) is 26.2 Å². The molecular formula is C24H29Cl4N3O4S. The maximum absolute atomic E-state index is 13.7. The number of halogens is 4. The van der Waals surface area contributed by atoms with Crippen molar-refractivity contribution < 1.29 is 18.0 Å². The summed E-state index contributed by atoms with van der Waals surface area (Å²) in [6.07, 6.45) is 1.26. The van der Waals surface area contributed by atoms with Gasteiger partial charge in [0.1, 0.15) is 12.6 Å². The minimum atomic E-state index is -3.91. The minimum absolute atomic E-state index is 0.0933. The van der Waals surface area contributed by atoms with Crippen molar-refractivity contribution in [1.29, 1.82) is 0 Å². The summed E-state index contributed by atoms with van der Waals surface area (Å²) >= 11 is 24.8. The number of rotatable bonds is 11. The first-order valence-electron chi connectivity index (χ1n) is 11.2. The molecule has 0 aliphatic heterocycles. The molecule has 0 saturated carbocycles. The average molecular weight is 597 g/mol. The molecule has 0 heterocycles. The van der Waals surface area contributed by atoms with Gasteiger partial charge in [-0.05, 0) is 42.7 Å². The number of carbonyl (C=O) groups is 2. The molecule has 2 rings (SSSR count). The summed E-state index contributed by atoms with van der Waals surface area (Å²) in [7, 11) is -3.91. The zero-order chi connectivity index (χ0) is 27.2. The van der Waals surface area contributed by atoms with Crippen LogP contribution in [0.5, 0.6) is 0 Å². The van der Waals surface area contributed by atoms with E-state index in [4.69, 9.17) is 46.4 Å². The standard InChI is InChI=1S/C24H29Cl4N3O4S/c1-5-22(24(33)29-12-15(2)3)30(13-17-18(25)7-6-8-19(17)26)23(32)14-31(36(4,34)35)16-9-10-20(27)21(28)11-16/h6-11,15,22H,5,12-14H2,1-4H3,(H,29,33). The summed E-state index contributed by atoms with van der Waals surface area (Å²) in [6, 6.07) is 8.29. The van der Waals surface area contributed by atoms with Crippen LogP contribution in [0.2, 0.25) is 20.1 Å². The van der Waals surface area contributed by atoms with Gasteiger partial charge >= 0.3 is 0 Å². The SMILES string of the molecule is CCC(C(=O)NCC(C)C)N(Cc1c(Cl)cccc1Cl)C(=O)CN(c1ccc(Cl)c(Cl)c1)S(C)(=O)=O. The molecule has 198 valence electrons. The molecule has 12 heteroatoms. The summed E-state index contributed by atoms with van der Waals surface area (Å²) in [6.45, 7) is 5.42. The Kier molecular flexibility index (Phi) is 11.2. The van der Waals surface area contributed by atoms with Crippen molar-refractivity contribution in [3.05, 3.63) is 62.1 Å². The average Bonchev–Trinajstić information content (AvgIpc) is 2.78. The molecule has 0 aliphatic rings. The summed E-state index contributed by atoms with van der Waals surface area (Å²) in [5.74, 6) is -0.777. The summed E-state index contributed by atoms with van der Waals surface area (Å²) in [4.78, 5) is 28.1. The summed E-state index contributed by atoms with van der Waals surface area (Å²) in [5.41, 5.74) is 0.609. The number of benzene rings is 2. The Morgan fingerprint density at radius 3 is 2.08 bits per heavy atom. The van der Waals surface area contributed by atoms with E-state index in [1.807, 2.05) is 13.8 Å². The summed E-state index contributed by atoms with van der Waals surface area (Å²) < 4.78 is 26.2. The molecule has 2 aromatic rings. The first-order chi connectivity index (χ1) is 16.8. The third-order valence-corrected chi connectivity index (χ3v) is 7.92. The molecule has 36 heavy (non-hydrogen) atoms. The van der Waals surface area contributed by atoms with Crippen LogP contribution in [0, 0.1) is 5.92 Å². The van der Waals surface area contributed by atoms with Gasteiger partial charge in [0, 0.05) is 28.7 Å². The molecule has 0 radical (unpaired) electrons. The Morgan fingerprint density at radius 1 is 0.972 bits per heavy atom. The van der Waals surface area contributed by atoms with Crippen molar-refractivity contribution in [2.24, 2.45) is 5.92 Å². The Hall–Kier alpha value is -1.71. The lowest BCUT2D eigenvalue weighted by atomic mass is 10.1. The predicted octanol–water partition coefficient (Wildman–Crippen LogP) is 5.65. The van der Waals surface area contributed by atoms with Gasteiger partial charge < -0.3 is 10.2 Å². The Morgan fingerprint density at radius 2 is 1.58 bits per heavy atom. The van der Waals surface area contributed by atoms with E-state index in [1.54, 1.807) is 25.1 Å².